The maximum atomic E-state index is 13.0. The zero-order valence-corrected chi connectivity index (χ0v) is 15.4. The topological polar surface area (TPSA) is 88.9 Å². The number of carbonyl (C=O) groups is 2. The second-order valence-electron chi connectivity index (χ2n) is 6.67. The Bertz CT molecular complexity index is 1060. The van der Waals surface area contributed by atoms with E-state index in [0.717, 1.165) is 30.3 Å². The van der Waals surface area contributed by atoms with E-state index in [0.29, 0.717) is 30.0 Å². The van der Waals surface area contributed by atoms with Crippen LogP contribution < -0.4 is 10.6 Å². The van der Waals surface area contributed by atoms with Gasteiger partial charge in [0.05, 0.1) is 16.9 Å². The van der Waals surface area contributed by atoms with Gasteiger partial charge in [0.1, 0.15) is 5.69 Å². The third kappa shape index (κ3) is 3.26. The highest BCUT2D eigenvalue weighted by Gasteiger charge is 2.27. The molecule has 0 bridgehead atoms. The molecule has 2 N–H and O–H groups in total. The lowest BCUT2D eigenvalue weighted by Gasteiger charge is -2.17. The van der Waals surface area contributed by atoms with Crippen molar-refractivity contribution < 1.29 is 9.59 Å². The fourth-order valence-corrected chi connectivity index (χ4v) is 3.53. The molecule has 4 rings (SSSR count). The van der Waals surface area contributed by atoms with Crippen LogP contribution >= 0.6 is 0 Å². The van der Waals surface area contributed by atoms with Crippen molar-refractivity contribution in [3.63, 3.8) is 0 Å². The van der Waals surface area contributed by atoms with Gasteiger partial charge in [0.2, 0.25) is 0 Å². The molecule has 1 aliphatic rings. The molecule has 142 valence electrons. The summed E-state index contributed by atoms with van der Waals surface area (Å²) >= 11 is 0. The standard InChI is InChI=1S/C21H21N5O2/c1-2-11-23-20(27)18-16-10-3-4-13-26(16)19(25-18)21(28)24-15-9-5-7-14-8-6-12-22-17(14)15/h2,5-9,12H,1,3-4,10-11,13H2,(H,23,27)(H,24,28). The van der Waals surface area contributed by atoms with E-state index in [1.165, 1.54) is 0 Å². The molecular weight excluding hydrogens is 354 g/mol. The number of pyridine rings is 1. The quantitative estimate of drug-likeness (QED) is 0.671. The lowest BCUT2D eigenvalue weighted by atomic mass is 10.1. The van der Waals surface area contributed by atoms with Crippen molar-refractivity contribution in [1.29, 1.82) is 0 Å². The van der Waals surface area contributed by atoms with Crippen molar-refractivity contribution in [2.75, 3.05) is 11.9 Å². The maximum Gasteiger partial charge on any atom is 0.291 e. The van der Waals surface area contributed by atoms with Crippen LogP contribution in [-0.2, 0) is 13.0 Å². The lowest BCUT2D eigenvalue weighted by Crippen LogP contribution is -2.25. The van der Waals surface area contributed by atoms with E-state index in [9.17, 15) is 9.59 Å². The summed E-state index contributed by atoms with van der Waals surface area (Å²) in [5, 5.41) is 6.60. The number of rotatable bonds is 5. The number of para-hydroxylation sites is 1. The molecule has 0 unspecified atom stereocenters. The summed E-state index contributed by atoms with van der Waals surface area (Å²) in [7, 11) is 0. The number of imidazole rings is 1. The molecule has 0 saturated carbocycles. The number of hydrogen-bond donors (Lipinski definition) is 2. The van der Waals surface area contributed by atoms with Crippen LogP contribution in [0.15, 0.2) is 49.2 Å². The summed E-state index contributed by atoms with van der Waals surface area (Å²) < 4.78 is 1.86. The number of nitrogens with one attached hydrogen (secondary N) is 2. The molecule has 1 aliphatic heterocycles. The first-order valence-electron chi connectivity index (χ1n) is 9.32. The molecule has 0 spiro atoms. The highest BCUT2D eigenvalue weighted by molar-refractivity contribution is 6.07. The lowest BCUT2D eigenvalue weighted by molar-refractivity contribution is 0.0952. The zero-order valence-electron chi connectivity index (χ0n) is 15.4. The van der Waals surface area contributed by atoms with Gasteiger partial charge in [-0.05, 0) is 31.4 Å². The third-order valence-electron chi connectivity index (χ3n) is 4.82. The SMILES string of the molecule is C=CCNC(=O)c1nc(C(=O)Nc2cccc3cccnc23)n2c1CCCC2. The highest BCUT2D eigenvalue weighted by atomic mass is 16.2. The molecule has 0 radical (unpaired) electrons. The normalized spacial score (nSPS) is 13.0. The van der Waals surface area contributed by atoms with Crippen LogP contribution in [0.1, 0.15) is 39.6 Å². The summed E-state index contributed by atoms with van der Waals surface area (Å²) in [4.78, 5) is 34.2. The largest absolute Gasteiger partial charge is 0.347 e. The van der Waals surface area contributed by atoms with E-state index >= 15 is 0 Å². The average molecular weight is 375 g/mol. The van der Waals surface area contributed by atoms with Crippen LogP contribution in [0.25, 0.3) is 10.9 Å². The number of nitrogens with zero attached hydrogens (tertiary/aromatic N) is 3. The highest BCUT2D eigenvalue weighted by Crippen LogP contribution is 2.24. The van der Waals surface area contributed by atoms with Crippen molar-refractivity contribution in [3.8, 4) is 0 Å². The van der Waals surface area contributed by atoms with E-state index in [2.05, 4.69) is 27.2 Å². The van der Waals surface area contributed by atoms with Crippen LogP contribution in [0.4, 0.5) is 5.69 Å². The van der Waals surface area contributed by atoms with Crippen LogP contribution in [0.5, 0.6) is 0 Å². The second-order valence-corrected chi connectivity index (χ2v) is 6.67. The Morgan fingerprint density at radius 3 is 2.89 bits per heavy atom. The van der Waals surface area contributed by atoms with Crippen molar-refractivity contribution in [1.82, 2.24) is 19.9 Å². The number of fused-ring (bicyclic) bond motifs is 2. The minimum atomic E-state index is -0.343. The fourth-order valence-electron chi connectivity index (χ4n) is 3.53. The summed E-state index contributed by atoms with van der Waals surface area (Å²) in [6.45, 7) is 4.64. The van der Waals surface area contributed by atoms with Gasteiger partial charge in [0.15, 0.2) is 5.82 Å². The predicted molar refractivity (Wildman–Crippen MR) is 107 cm³/mol. The van der Waals surface area contributed by atoms with Gasteiger partial charge in [-0.2, -0.15) is 0 Å². The molecule has 2 amide bonds. The smallest absolute Gasteiger partial charge is 0.291 e. The molecule has 0 aliphatic carbocycles. The molecule has 7 nitrogen and oxygen atoms in total. The van der Waals surface area contributed by atoms with Gasteiger partial charge in [-0.3, -0.25) is 14.6 Å². The molecule has 0 saturated heterocycles. The van der Waals surface area contributed by atoms with Gasteiger partial charge in [-0.25, -0.2) is 4.98 Å². The average Bonchev–Trinajstić information content (AvgIpc) is 3.12. The van der Waals surface area contributed by atoms with Gasteiger partial charge < -0.3 is 15.2 Å². The van der Waals surface area contributed by atoms with Crippen LogP contribution in [0.3, 0.4) is 0 Å². The second kappa shape index (κ2) is 7.64. The first-order chi connectivity index (χ1) is 13.7. The Hall–Kier alpha value is -3.48. The molecule has 3 heterocycles. The molecule has 2 aromatic heterocycles. The van der Waals surface area contributed by atoms with Gasteiger partial charge in [-0.15, -0.1) is 6.58 Å². The van der Waals surface area contributed by atoms with Gasteiger partial charge in [-0.1, -0.05) is 24.3 Å². The molecule has 28 heavy (non-hydrogen) atoms. The Morgan fingerprint density at radius 1 is 1.18 bits per heavy atom. The molecule has 7 heteroatoms. The Balaban J connectivity index is 1.68. The van der Waals surface area contributed by atoms with Crippen molar-refractivity contribution >= 4 is 28.4 Å². The monoisotopic (exact) mass is 375 g/mol. The van der Waals surface area contributed by atoms with Crippen molar-refractivity contribution in [2.24, 2.45) is 0 Å². The number of carbonyl (C=O) groups excluding carboxylic acids is 2. The number of amides is 2. The minimum Gasteiger partial charge on any atom is -0.347 e. The summed E-state index contributed by atoms with van der Waals surface area (Å²) in [6, 6.07) is 9.42. The summed E-state index contributed by atoms with van der Waals surface area (Å²) in [5.41, 5.74) is 2.47. The van der Waals surface area contributed by atoms with Gasteiger partial charge in [0, 0.05) is 24.7 Å². The van der Waals surface area contributed by atoms with Gasteiger partial charge >= 0.3 is 0 Å². The van der Waals surface area contributed by atoms with E-state index < -0.39 is 0 Å². The van der Waals surface area contributed by atoms with E-state index in [1.54, 1.807) is 12.3 Å². The molecule has 0 atom stereocenters. The van der Waals surface area contributed by atoms with Crippen LogP contribution in [0, 0.1) is 0 Å². The Kier molecular flexibility index (Phi) is 4.89. The molecule has 1 aromatic carbocycles. The maximum absolute atomic E-state index is 13.0. The number of aromatic nitrogens is 3. The Morgan fingerprint density at radius 2 is 2.04 bits per heavy atom. The number of hydrogen-bond acceptors (Lipinski definition) is 4. The van der Waals surface area contributed by atoms with Crippen molar-refractivity contribution in [2.45, 2.75) is 25.8 Å². The van der Waals surface area contributed by atoms with E-state index in [1.807, 2.05) is 34.9 Å². The summed E-state index contributed by atoms with van der Waals surface area (Å²) in [6.07, 6.45) is 5.96. The first kappa shape index (κ1) is 17.9. The minimum absolute atomic E-state index is 0.256. The Labute approximate surface area is 162 Å². The molecular formula is C21H21N5O2. The van der Waals surface area contributed by atoms with Crippen LogP contribution in [-0.4, -0.2) is 32.9 Å². The van der Waals surface area contributed by atoms with Crippen molar-refractivity contribution in [3.05, 3.63) is 66.4 Å². The van der Waals surface area contributed by atoms with E-state index in [4.69, 9.17) is 0 Å². The van der Waals surface area contributed by atoms with Crippen LogP contribution in [0.2, 0.25) is 0 Å². The first-order valence-corrected chi connectivity index (χ1v) is 9.32. The number of benzene rings is 1. The zero-order chi connectivity index (χ0) is 19.5. The van der Waals surface area contributed by atoms with Gasteiger partial charge in [0.25, 0.3) is 11.8 Å². The third-order valence-corrected chi connectivity index (χ3v) is 4.82. The fraction of sp³-hybridized carbons (Fsp3) is 0.238. The molecule has 3 aromatic rings. The predicted octanol–water partition coefficient (Wildman–Crippen LogP) is 2.94. The number of anilines is 1. The summed E-state index contributed by atoms with van der Waals surface area (Å²) in [5.74, 6) is -0.369. The van der Waals surface area contributed by atoms with E-state index in [-0.39, 0.29) is 17.6 Å². The molecule has 0 fully saturated rings.